The lowest BCUT2D eigenvalue weighted by Crippen LogP contribution is -2.17. The van der Waals surface area contributed by atoms with Gasteiger partial charge in [0, 0.05) is 6.07 Å². The normalized spacial score (nSPS) is 16.9. The van der Waals surface area contributed by atoms with E-state index in [1.165, 1.54) is 19.2 Å². The van der Waals surface area contributed by atoms with E-state index in [1.807, 2.05) is 0 Å². The number of hydrogen-bond acceptors (Lipinski definition) is 2. The van der Waals surface area contributed by atoms with Crippen molar-refractivity contribution in [2.24, 2.45) is 5.41 Å². The minimum atomic E-state index is -0.796. The van der Waals surface area contributed by atoms with Crippen LogP contribution < -0.4 is 4.74 Å². The van der Waals surface area contributed by atoms with Crippen LogP contribution in [0.4, 0.5) is 4.39 Å². The van der Waals surface area contributed by atoms with E-state index < -0.39 is 17.2 Å². The zero-order chi connectivity index (χ0) is 11.8. The van der Waals surface area contributed by atoms with Gasteiger partial charge in [0.15, 0.2) is 0 Å². The van der Waals surface area contributed by atoms with Crippen LogP contribution in [0.25, 0.3) is 0 Å². The summed E-state index contributed by atoms with van der Waals surface area (Å²) in [7, 11) is 1.46. The summed E-state index contributed by atoms with van der Waals surface area (Å²) in [6.45, 7) is 0. The largest absolute Gasteiger partial charge is 0.497 e. The van der Waals surface area contributed by atoms with Crippen molar-refractivity contribution in [2.75, 3.05) is 7.11 Å². The second-order valence-corrected chi connectivity index (χ2v) is 4.26. The highest BCUT2D eigenvalue weighted by molar-refractivity contribution is 5.78. The van der Waals surface area contributed by atoms with E-state index in [1.54, 1.807) is 6.07 Å². The lowest BCUT2D eigenvalue weighted by Gasteiger charge is -2.10. The predicted octanol–water partition coefficient (Wildman–Crippen LogP) is 2.24. The summed E-state index contributed by atoms with van der Waals surface area (Å²) in [6, 6.07) is 4.33. The van der Waals surface area contributed by atoms with Gasteiger partial charge in [0.25, 0.3) is 0 Å². The number of hydrogen-bond donors (Lipinski definition) is 1. The van der Waals surface area contributed by atoms with Gasteiger partial charge in [-0.15, -0.1) is 0 Å². The van der Waals surface area contributed by atoms with E-state index in [-0.39, 0.29) is 0 Å². The number of carbonyl (C=O) groups is 1. The quantitative estimate of drug-likeness (QED) is 0.853. The van der Waals surface area contributed by atoms with Gasteiger partial charge >= 0.3 is 5.97 Å². The molecule has 0 spiro atoms. The maximum Gasteiger partial charge on any atom is 0.309 e. The van der Waals surface area contributed by atoms with E-state index in [9.17, 15) is 9.18 Å². The van der Waals surface area contributed by atoms with Gasteiger partial charge in [-0.05, 0) is 37.0 Å². The zero-order valence-corrected chi connectivity index (χ0v) is 9.00. The Kier molecular flexibility index (Phi) is 2.58. The molecule has 2 rings (SSSR count). The monoisotopic (exact) mass is 224 g/mol. The molecule has 0 unspecified atom stereocenters. The van der Waals surface area contributed by atoms with Gasteiger partial charge in [-0.25, -0.2) is 4.39 Å². The highest BCUT2D eigenvalue weighted by Gasteiger charge is 2.50. The fourth-order valence-electron chi connectivity index (χ4n) is 1.85. The first-order valence-electron chi connectivity index (χ1n) is 5.13. The Bertz CT molecular complexity index is 424. The zero-order valence-electron chi connectivity index (χ0n) is 9.00. The standard InChI is InChI=1S/C12H13FO3/c1-16-10-5-8(4-9(13)6-10)7-12(2-3-12)11(14)15/h4-6H,2-3,7H2,1H3,(H,14,15). The van der Waals surface area contributed by atoms with Gasteiger partial charge in [0.1, 0.15) is 11.6 Å². The molecule has 1 saturated carbocycles. The third-order valence-corrected chi connectivity index (χ3v) is 3.02. The Balaban J connectivity index is 2.21. The first-order chi connectivity index (χ1) is 7.55. The number of aliphatic carboxylic acids is 1. The summed E-state index contributed by atoms with van der Waals surface area (Å²) in [5.74, 6) is -0.762. The molecule has 4 heteroatoms. The summed E-state index contributed by atoms with van der Waals surface area (Å²) < 4.78 is 18.1. The summed E-state index contributed by atoms with van der Waals surface area (Å²) in [5, 5.41) is 9.04. The van der Waals surface area contributed by atoms with Gasteiger partial charge < -0.3 is 9.84 Å². The van der Waals surface area contributed by atoms with Crippen molar-refractivity contribution in [3.05, 3.63) is 29.6 Å². The first-order valence-corrected chi connectivity index (χ1v) is 5.13. The van der Waals surface area contributed by atoms with Crippen LogP contribution in [-0.2, 0) is 11.2 Å². The highest BCUT2D eigenvalue weighted by atomic mass is 19.1. The molecular formula is C12H13FO3. The highest BCUT2D eigenvalue weighted by Crippen LogP contribution is 2.48. The third-order valence-electron chi connectivity index (χ3n) is 3.02. The van der Waals surface area contributed by atoms with Gasteiger partial charge in [-0.3, -0.25) is 4.79 Å². The smallest absolute Gasteiger partial charge is 0.309 e. The summed E-state index contributed by atoms with van der Waals surface area (Å²) >= 11 is 0. The Morgan fingerprint density at radius 2 is 2.19 bits per heavy atom. The van der Waals surface area contributed by atoms with Crippen LogP contribution in [0.3, 0.4) is 0 Å². The third kappa shape index (κ3) is 2.01. The van der Waals surface area contributed by atoms with Crippen LogP contribution in [0.15, 0.2) is 18.2 Å². The molecule has 1 aliphatic rings. The molecule has 86 valence electrons. The number of benzene rings is 1. The van der Waals surface area contributed by atoms with E-state index in [0.29, 0.717) is 30.6 Å². The minimum Gasteiger partial charge on any atom is -0.497 e. The molecule has 0 radical (unpaired) electrons. The maximum absolute atomic E-state index is 13.2. The second-order valence-electron chi connectivity index (χ2n) is 4.26. The predicted molar refractivity (Wildman–Crippen MR) is 56.0 cm³/mol. The van der Waals surface area contributed by atoms with E-state index in [0.717, 1.165) is 0 Å². The number of halogens is 1. The minimum absolute atomic E-state index is 0.371. The van der Waals surface area contributed by atoms with Gasteiger partial charge in [0.2, 0.25) is 0 Å². The number of carboxylic acid groups (broad SMARTS) is 1. The van der Waals surface area contributed by atoms with Crippen molar-refractivity contribution in [3.8, 4) is 5.75 Å². The molecule has 0 aromatic heterocycles. The van der Waals surface area contributed by atoms with E-state index in [2.05, 4.69) is 0 Å². The molecule has 16 heavy (non-hydrogen) atoms. The Labute approximate surface area is 92.9 Å². The molecular weight excluding hydrogens is 211 g/mol. The van der Waals surface area contributed by atoms with Gasteiger partial charge in [-0.2, -0.15) is 0 Å². The summed E-state index contributed by atoms with van der Waals surface area (Å²) in [4.78, 5) is 11.0. The van der Waals surface area contributed by atoms with Crippen molar-refractivity contribution in [3.63, 3.8) is 0 Å². The van der Waals surface area contributed by atoms with Crippen molar-refractivity contribution < 1.29 is 19.0 Å². The number of ether oxygens (including phenoxy) is 1. The van der Waals surface area contributed by atoms with Crippen LogP contribution >= 0.6 is 0 Å². The van der Waals surface area contributed by atoms with Gasteiger partial charge in [0.05, 0.1) is 12.5 Å². The van der Waals surface area contributed by atoms with Crippen LogP contribution in [0.5, 0.6) is 5.75 Å². The van der Waals surface area contributed by atoms with Crippen LogP contribution in [0.2, 0.25) is 0 Å². The molecule has 1 N–H and O–H groups in total. The molecule has 1 aromatic carbocycles. The van der Waals surface area contributed by atoms with Crippen molar-refractivity contribution in [1.29, 1.82) is 0 Å². The SMILES string of the molecule is COc1cc(F)cc(CC2(C(=O)O)CC2)c1. The molecule has 0 bridgehead atoms. The summed E-state index contributed by atoms with van der Waals surface area (Å²) in [6.07, 6.45) is 1.71. The average molecular weight is 224 g/mol. The number of methoxy groups -OCH3 is 1. The van der Waals surface area contributed by atoms with E-state index in [4.69, 9.17) is 9.84 Å². The second kappa shape index (κ2) is 3.77. The Morgan fingerprint density at radius 3 is 2.69 bits per heavy atom. The van der Waals surface area contributed by atoms with Crippen molar-refractivity contribution in [1.82, 2.24) is 0 Å². The number of rotatable bonds is 4. The van der Waals surface area contributed by atoms with Crippen molar-refractivity contribution in [2.45, 2.75) is 19.3 Å². The Hall–Kier alpha value is -1.58. The van der Waals surface area contributed by atoms with Gasteiger partial charge in [-0.1, -0.05) is 0 Å². The Morgan fingerprint density at radius 1 is 1.50 bits per heavy atom. The van der Waals surface area contributed by atoms with E-state index >= 15 is 0 Å². The lowest BCUT2D eigenvalue weighted by molar-refractivity contribution is -0.143. The topological polar surface area (TPSA) is 46.5 Å². The molecule has 1 aromatic rings. The maximum atomic E-state index is 13.2. The van der Waals surface area contributed by atoms with Crippen LogP contribution in [-0.4, -0.2) is 18.2 Å². The summed E-state index contributed by atoms with van der Waals surface area (Å²) in [5.41, 5.74) is 0.00969. The molecule has 1 aliphatic carbocycles. The number of carboxylic acids is 1. The van der Waals surface area contributed by atoms with Crippen LogP contribution in [0, 0.1) is 11.2 Å². The molecule has 0 saturated heterocycles. The molecule has 0 heterocycles. The molecule has 3 nitrogen and oxygen atoms in total. The fourth-order valence-corrected chi connectivity index (χ4v) is 1.85. The molecule has 0 amide bonds. The fraction of sp³-hybridized carbons (Fsp3) is 0.417. The molecule has 1 fully saturated rings. The lowest BCUT2D eigenvalue weighted by atomic mass is 9.96. The molecule has 0 atom stereocenters. The average Bonchev–Trinajstić information content (AvgIpc) is 2.98. The molecule has 0 aliphatic heterocycles. The van der Waals surface area contributed by atoms with Crippen molar-refractivity contribution >= 4 is 5.97 Å². The van der Waals surface area contributed by atoms with Crippen LogP contribution in [0.1, 0.15) is 18.4 Å². The first kappa shape index (κ1) is 10.9.